The van der Waals surface area contributed by atoms with Gasteiger partial charge in [0.05, 0.1) is 5.92 Å². The molecule has 0 heterocycles. The molecular formula is C27H34N2O5. The quantitative estimate of drug-likeness (QED) is 0.534. The summed E-state index contributed by atoms with van der Waals surface area (Å²) >= 11 is 0. The van der Waals surface area contributed by atoms with Crippen LogP contribution in [-0.2, 0) is 14.3 Å². The fourth-order valence-electron chi connectivity index (χ4n) is 4.37. The second kappa shape index (κ2) is 10.3. The van der Waals surface area contributed by atoms with Gasteiger partial charge in [0.2, 0.25) is 5.91 Å². The SMILES string of the molecule is CC(C)C(CNC(=O)OCC1c2ccccc2-c2ccccc21)C(=O)N[C@@H](C(=O)O)C(C)(C)C. The number of fused-ring (bicyclic) bond motifs is 3. The van der Waals surface area contributed by atoms with Crippen molar-refractivity contribution in [2.24, 2.45) is 17.3 Å². The molecule has 1 aliphatic carbocycles. The molecule has 1 unspecified atom stereocenters. The number of carbonyl (C=O) groups excluding carboxylic acids is 2. The molecule has 7 heteroatoms. The summed E-state index contributed by atoms with van der Waals surface area (Å²) in [4.78, 5) is 37.0. The van der Waals surface area contributed by atoms with Crippen molar-refractivity contribution in [1.82, 2.24) is 10.6 Å². The van der Waals surface area contributed by atoms with E-state index in [0.717, 1.165) is 22.3 Å². The highest BCUT2D eigenvalue weighted by molar-refractivity contribution is 5.86. The predicted molar refractivity (Wildman–Crippen MR) is 130 cm³/mol. The van der Waals surface area contributed by atoms with Crippen LogP contribution in [0.5, 0.6) is 0 Å². The fourth-order valence-corrected chi connectivity index (χ4v) is 4.37. The molecule has 2 aromatic rings. The van der Waals surface area contributed by atoms with Crippen molar-refractivity contribution in [3.8, 4) is 11.1 Å². The van der Waals surface area contributed by atoms with E-state index in [1.807, 2.05) is 38.1 Å². The molecule has 0 saturated heterocycles. The summed E-state index contributed by atoms with van der Waals surface area (Å²) < 4.78 is 5.55. The molecule has 182 valence electrons. The van der Waals surface area contributed by atoms with Crippen molar-refractivity contribution in [3.05, 3.63) is 59.7 Å². The summed E-state index contributed by atoms with van der Waals surface area (Å²) in [6, 6.07) is 15.2. The minimum atomic E-state index is -1.09. The summed E-state index contributed by atoms with van der Waals surface area (Å²) in [6.07, 6.45) is -0.606. The molecule has 0 aliphatic heterocycles. The van der Waals surface area contributed by atoms with Crippen molar-refractivity contribution >= 4 is 18.0 Å². The Morgan fingerprint density at radius 3 is 1.97 bits per heavy atom. The number of hydrogen-bond donors (Lipinski definition) is 3. The molecule has 0 bridgehead atoms. The van der Waals surface area contributed by atoms with Crippen molar-refractivity contribution in [3.63, 3.8) is 0 Å². The zero-order chi connectivity index (χ0) is 25.0. The zero-order valence-corrected chi connectivity index (χ0v) is 20.4. The van der Waals surface area contributed by atoms with Gasteiger partial charge in [-0.3, -0.25) is 4.79 Å². The van der Waals surface area contributed by atoms with Crippen LogP contribution in [0.4, 0.5) is 4.79 Å². The molecule has 0 radical (unpaired) electrons. The number of hydrogen-bond acceptors (Lipinski definition) is 4. The van der Waals surface area contributed by atoms with Gasteiger partial charge in [0, 0.05) is 12.5 Å². The van der Waals surface area contributed by atoms with Crippen molar-refractivity contribution in [1.29, 1.82) is 0 Å². The first-order chi connectivity index (χ1) is 16.0. The largest absolute Gasteiger partial charge is 0.480 e. The van der Waals surface area contributed by atoms with Gasteiger partial charge in [-0.15, -0.1) is 0 Å². The number of carboxylic acids is 1. The minimum absolute atomic E-state index is 0.0505. The van der Waals surface area contributed by atoms with E-state index in [0.29, 0.717) is 0 Å². The molecule has 3 N–H and O–H groups in total. The smallest absolute Gasteiger partial charge is 0.407 e. The van der Waals surface area contributed by atoms with E-state index >= 15 is 0 Å². The number of aliphatic carboxylic acids is 1. The second-order valence-corrected chi connectivity index (χ2v) is 10.2. The molecular weight excluding hydrogens is 432 g/mol. The molecule has 0 spiro atoms. The van der Waals surface area contributed by atoms with Crippen molar-refractivity contribution in [2.45, 2.75) is 46.6 Å². The molecule has 34 heavy (non-hydrogen) atoms. The van der Waals surface area contributed by atoms with Crippen LogP contribution in [0.15, 0.2) is 48.5 Å². The van der Waals surface area contributed by atoms with Crippen LogP contribution in [0.3, 0.4) is 0 Å². The Hall–Kier alpha value is -3.35. The Bertz CT molecular complexity index is 1010. The van der Waals surface area contributed by atoms with Crippen molar-refractivity contribution in [2.75, 3.05) is 13.2 Å². The number of rotatable bonds is 8. The summed E-state index contributed by atoms with van der Waals surface area (Å²) in [6.45, 7) is 9.22. The van der Waals surface area contributed by atoms with Gasteiger partial charge in [-0.2, -0.15) is 0 Å². The first-order valence-electron chi connectivity index (χ1n) is 11.6. The van der Waals surface area contributed by atoms with Gasteiger partial charge in [0.1, 0.15) is 12.6 Å². The van der Waals surface area contributed by atoms with E-state index in [-0.39, 0.29) is 25.0 Å². The lowest BCUT2D eigenvalue weighted by atomic mass is 9.85. The number of amides is 2. The van der Waals surface area contributed by atoms with E-state index in [9.17, 15) is 19.5 Å². The minimum Gasteiger partial charge on any atom is -0.480 e. The summed E-state index contributed by atoms with van der Waals surface area (Å²) in [5.41, 5.74) is 3.89. The monoisotopic (exact) mass is 466 g/mol. The van der Waals surface area contributed by atoms with Gasteiger partial charge in [0.25, 0.3) is 0 Å². The van der Waals surface area contributed by atoms with E-state index in [1.165, 1.54) is 0 Å². The summed E-state index contributed by atoms with van der Waals surface area (Å²) in [7, 11) is 0. The van der Waals surface area contributed by atoms with E-state index in [4.69, 9.17) is 4.74 Å². The van der Waals surface area contributed by atoms with Gasteiger partial charge in [0.15, 0.2) is 0 Å². The molecule has 2 atom stereocenters. The Balaban J connectivity index is 1.60. The van der Waals surface area contributed by atoms with E-state index in [1.54, 1.807) is 20.8 Å². The highest BCUT2D eigenvalue weighted by atomic mass is 16.5. The van der Waals surface area contributed by atoms with Gasteiger partial charge in [-0.05, 0) is 33.6 Å². The topological polar surface area (TPSA) is 105 Å². The van der Waals surface area contributed by atoms with Gasteiger partial charge in [-0.25, -0.2) is 9.59 Å². The highest BCUT2D eigenvalue weighted by Gasteiger charge is 2.35. The molecule has 0 aromatic heterocycles. The number of nitrogens with one attached hydrogen (secondary N) is 2. The molecule has 1 aliphatic rings. The Morgan fingerprint density at radius 2 is 1.50 bits per heavy atom. The molecule has 0 saturated carbocycles. The highest BCUT2D eigenvalue weighted by Crippen LogP contribution is 2.44. The molecule has 2 amide bonds. The number of benzene rings is 2. The zero-order valence-electron chi connectivity index (χ0n) is 20.4. The first-order valence-corrected chi connectivity index (χ1v) is 11.6. The van der Waals surface area contributed by atoms with Gasteiger partial charge < -0.3 is 20.5 Å². The summed E-state index contributed by atoms with van der Waals surface area (Å²) in [5.74, 6) is -2.25. The van der Waals surface area contributed by atoms with Crippen LogP contribution in [0.2, 0.25) is 0 Å². The number of alkyl carbamates (subject to hydrolysis) is 1. The Labute approximate surface area is 200 Å². The number of carboxylic acid groups (broad SMARTS) is 1. The van der Waals surface area contributed by atoms with Crippen LogP contribution < -0.4 is 10.6 Å². The predicted octanol–water partition coefficient (Wildman–Crippen LogP) is 4.41. The first kappa shape index (κ1) is 25.3. The maximum atomic E-state index is 12.8. The summed E-state index contributed by atoms with van der Waals surface area (Å²) in [5, 5.41) is 14.8. The van der Waals surface area contributed by atoms with Crippen LogP contribution in [0.1, 0.15) is 51.7 Å². The average molecular weight is 467 g/mol. The van der Waals surface area contributed by atoms with Gasteiger partial charge in [-0.1, -0.05) is 83.1 Å². The van der Waals surface area contributed by atoms with Crippen LogP contribution in [0, 0.1) is 17.3 Å². The van der Waals surface area contributed by atoms with Crippen molar-refractivity contribution < 1.29 is 24.2 Å². The van der Waals surface area contributed by atoms with Gasteiger partial charge >= 0.3 is 12.1 Å². The lowest BCUT2D eigenvalue weighted by Crippen LogP contribution is -2.52. The van der Waals surface area contributed by atoms with E-state index in [2.05, 4.69) is 34.9 Å². The third-order valence-corrected chi connectivity index (χ3v) is 6.35. The lowest BCUT2D eigenvalue weighted by Gasteiger charge is -2.30. The van der Waals surface area contributed by atoms with E-state index < -0.39 is 35.3 Å². The maximum absolute atomic E-state index is 12.8. The normalized spacial score (nSPS) is 14.6. The fraction of sp³-hybridized carbons (Fsp3) is 0.444. The molecule has 2 aromatic carbocycles. The number of ether oxygens (including phenoxy) is 1. The number of carbonyl (C=O) groups is 3. The molecule has 3 rings (SSSR count). The average Bonchev–Trinajstić information content (AvgIpc) is 3.08. The third-order valence-electron chi connectivity index (χ3n) is 6.35. The lowest BCUT2D eigenvalue weighted by molar-refractivity contribution is -0.145. The Kier molecular flexibility index (Phi) is 7.64. The Morgan fingerprint density at radius 1 is 0.971 bits per heavy atom. The second-order valence-electron chi connectivity index (χ2n) is 10.2. The third kappa shape index (κ3) is 5.58. The van der Waals surface area contributed by atoms with Crippen LogP contribution in [-0.4, -0.2) is 42.3 Å². The van der Waals surface area contributed by atoms with Crippen LogP contribution >= 0.6 is 0 Å². The molecule has 0 fully saturated rings. The standard InChI is InChI=1S/C27H34N2O5/c1-16(2)21(24(30)29-23(25(31)32)27(3,4)5)14-28-26(33)34-15-22-19-12-8-6-10-17(19)18-11-7-9-13-20(18)22/h6-13,16,21-23H,14-15H2,1-5H3,(H,28,33)(H,29,30)(H,31,32)/t21?,23-/m0/s1. The maximum Gasteiger partial charge on any atom is 0.407 e. The van der Waals surface area contributed by atoms with Crippen LogP contribution in [0.25, 0.3) is 11.1 Å². The molecule has 7 nitrogen and oxygen atoms in total.